The van der Waals surface area contributed by atoms with Gasteiger partial charge in [-0.25, -0.2) is 4.79 Å². The Kier molecular flexibility index (Phi) is 6.86. The molecule has 0 atom stereocenters. The predicted octanol–water partition coefficient (Wildman–Crippen LogP) is 3.09. The minimum Gasteiger partial charge on any atom is -0.460 e. The number of Topliss-reactive ketones (excluding diaryl/α,β-unsaturated/α-hetero) is 1. The van der Waals surface area contributed by atoms with Gasteiger partial charge < -0.3 is 4.74 Å². The lowest BCUT2D eigenvalue weighted by Crippen LogP contribution is -2.19. The number of carbonyl (C=O) groups is 2. The van der Waals surface area contributed by atoms with Gasteiger partial charge in [0.1, 0.15) is 0 Å². The molecule has 0 spiro atoms. The zero-order chi connectivity index (χ0) is 14.1. The lowest BCUT2D eigenvalue weighted by molar-refractivity contribution is -0.153. The number of ether oxygens (including phenoxy) is 1. The predicted molar refractivity (Wildman–Crippen MR) is 75.0 cm³/mol. The molecule has 0 unspecified atom stereocenters. The first-order chi connectivity index (χ1) is 9.17. The van der Waals surface area contributed by atoms with Crippen LogP contribution in [0.3, 0.4) is 0 Å². The normalized spacial score (nSPS) is 10.2. The summed E-state index contributed by atoms with van der Waals surface area (Å²) in [6, 6.07) is 7.89. The smallest absolute Gasteiger partial charge is 0.374 e. The minimum atomic E-state index is -0.737. The summed E-state index contributed by atoms with van der Waals surface area (Å²) in [4.78, 5) is 22.9. The van der Waals surface area contributed by atoms with E-state index in [4.69, 9.17) is 4.74 Å². The van der Waals surface area contributed by atoms with Crippen LogP contribution in [0.2, 0.25) is 0 Å². The van der Waals surface area contributed by atoms with Crippen molar-refractivity contribution in [3.63, 3.8) is 0 Å². The van der Waals surface area contributed by atoms with Gasteiger partial charge in [-0.1, -0.05) is 44.0 Å². The number of rotatable bonds is 8. The minimum absolute atomic E-state index is 0.125. The van der Waals surface area contributed by atoms with Crippen molar-refractivity contribution in [2.24, 2.45) is 0 Å². The average Bonchev–Trinajstić information content (AvgIpc) is 2.40. The van der Waals surface area contributed by atoms with Crippen molar-refractivity contribution >= 4 is 11.8 Å². The number of benzene rings is 1. The summed E-state index contributed by atoms with van der Waals surface area (Å²) in [6.07, 6.45) is 4.72. The number of hydrogen-bond acceptors (Lipinski definition) is 3. The largest absolute Gasteiger partial charge is 0.460 e. The van der Waals surface area contributed by atoms with Gasteiger partial charge in [0.25, 0.3) is 0 Å². The molecule has 0 aliphatic carbocycles. The maximum atomic E-state index is 11.6. The number of unbranched alkanes of at least 4 members (excludes halogenated alkanes) is 2. The van der Waals surface area contributed by atoms with Crippen molar-refractivity contribution in [3.8, 4) is 0 Å². The van der Waals surface area contributed by atoms with E-state index in [0.717, 1.165) is 18.4 Å². The maximum Gasteiger partial charge on any atom is 0.374 e. The van der Waals surface area contributed by atoms with Gasteiger partial charge in [0.2, 0.25) is 5.78 Å². The quantitative estimate of drug-likeness (QED) is 0.411. The van der Waals surface area contributed by atoms with E-state index < -0.39 is 11.8 Å². The van der Waals surface area contributed by atoms with E-state index in [1.807, 2.05) is 18.2 Å². The highest BCUT2D eigenvalue weighted by Gasteiger charge is 2.15. The van der Waals surface area contributed by atoms with Gasteiger partial charge in [0.05, 0.1) is 6.61 Å². The van der Waals surface area contributed by atoms with Gasteiger partial charge in [-0.05, 0) is 30.9 Å². The van der Waals surface area contributed by atoms with Crippen molar-refractivity contribution in [1.29, 1.82) is 0 Å². The summed E-state index contributed by atoms with van der Waals surface area (Å²) in [5, 5.41) is 0. The molecule has 1 aromatic rings. The van der Waals surface area contributed by atoms with Crippen molar-refractivity contribution < 1.29 is 14.3 Å². The van der Waals surface area contributed by atoms with Crippen molar-refractivity contribution in [2.45, 2.75) is 46.0 Å². The number of aryl methyl sites for hydroxylation is 1. The van der Waals surface area contributed by atoms with Crippen LogP contribution in [0.25, 0.3) is 0 Å². The Morgan fingerprint density at radius 3 is 2.53 bits per heavy atom. The molecule has 1 rings (SSSR count). The number of esters is 1. The third-order valence-electron chi connectivity index (χ3n) is 2.93. The SMILES string of the molecule is CCCCCc1cccc(CC(=O)C(=O)OCC)c1. The second-order valence-corrected chi connectivity index (χ2v) is 4.60. The van der Waals surface area contributed by atoms with E-state index in [0.29, 0.717) is 0 Å². The second-order valence-electron chi connectivity index (χ2n) is 4.60. The number of hydrogen-bond donors (Lipinski definition) is 0. The van der Waals surface area contributed by atoms with E-state index in [-0.39, 0.29) is 13.0 Å². The Morgan fingerprint density at radius 2 is 1.84 bits per heavy atom. The molecular formula is C16H22O3. The summed E-state index contributed by atoms with van der Waals surface area (Å²) in [5.41, 5.74) is 2.11. The van der Waals surface area contributed by atoms with Crippen LogP contribution in [0.15, 0.2) is 24.3 Å². The first-order valence-corrected chi connectivity index (χ1v) is 6.95. The highest BCUT2D eigenvalue weighted by molar-refractivity contribution is 6.34. The molecule has 0 aliphatic rings. The van der Waals surface area contributed by atoms with Gasteiger partial charge in [0.15, 0.2) is 0 Å². The molecule has 0 saturated heterocycles. The first-order valence-electron chi connectivity index (χ1n) is 6.95. The fraction of sp³-hybridized carbons (Fsp3) is 0.500. The molecule has 3 heteroatoms. The van der Waals surface area contributed by atoms with Crippen LogP contribution in [0.1, 0.15) is 44.2 Å². The van der Waals surface area contributed by atoms with Crippen LogP contribution in [0.5, 0.6) is 0 Å². The van der Waals surface area contributed by atoms with Crippen LogP contribution in [0, 0.1) is 0 Å². The molecule has 0 fully saturated rings. The highest BCUT2D eigenvalue weighted by Crippen LogP contribution is 2.10. The maximum absolute atomic E-state index is 11.6. The molecule has 0 N–H and O–H groups in total. The standard InChI is InChI=1S/C16H22O3/c1-3-5-6-8-13-9-7-10-14(11-13)12-15(17)16(18)19-4-2/h7,9-11H,3-6,8,12H2,1-2H3. The average molecular weight is 262 g/mol. The topological polar surface area (TPSA) is 43.4 Å². The number of carbonyl (C=O) groups excluding carboxylic acids is 2. The molecule has 1 aromatic carbocycles. The number of ketones is 1. The van der Waals surface area contributed by atoms with Crippen molar-refractivity contribution in [3.05, 3.63) is 35.4 Å². The Balaban J connectivity index is 2.56. The molecule has 0 amide bonds. The summed E-state index contributed by atoms with van der Waals surface area (Å²) < 4.78 is 4.70. The van der Waals surface area contributed by atoms with E-state index in [1.54, 1.807) is 6.92 Å². The molecule has 19 heavy (non-hydrogen) atoms. The zero-order valence-electron chi connectivity index (χ0n) is 11.8. The van der Waals surface area contributed by atoms with Gasteiger partial charge in [0, 0.05) is 6.42 Å². The van der Waals surface area contributed by atoms with Crippen LogP contribution in [-0.4, -0.2) is 18.4 Å². The van der Waals surface area contributed by atoms with E-state index in [9.17, 15) is 9.59 Å². The molecule has 104 valence electrons. The molecule has 0 radical (unpaired) electrons. The van der Waals surface area contributed by atoms with Crippen LogP contribution in [0.4, 0.5) is 0 Å². The molecule has 0 aliphatic heterocycles. The zero-order valence-corrected chi connectivity index (χ0v) is 11.8. The summed E-state index contributed by atoms with van der Waals surface area (Å²) in [5.74, 6) is -1.22. The Hall–Kier alpha value is -1.64. The molecule has 3 nitrogen and oxygen atoms in total. The summed E-state index contributed by atoms with van der Waals surface area (Å²) in [7, 11) is 0. The Labute approximate surface area is 115 Å². The molecule has 0 aromatic heterocycles. The van der Waals surface area contributed by atoms with E-state index >= 15 is 0 Å². The van der Waals surface area contributed by atoms with E-state index in [1.165, 1.54) is 18.4 Å². The van der Waals surface area contributed by atoms with Gasteiger partial charge in [-0.2, -0.15) is 0 Å². The fourth-order valence-electron chi connectivity index (χ4n) is 1.94. The van der Waals surface area contributed by atoms with Gasteiger partial charge >= 0.3 is 5.97 Å². The Bertz CT molecular complexity index is 424. The third-order valence-corrected chi connectivity index (χ3v) is 2.93. The Morgan fingerprint density at radius 1 is 1.11 bits per heavy atom. The van der Waals surface area contributed by atoms with Crippen molar-refractivity contribution in [1.82, 2.24) is 0 Å². The monoisotopic (exact) mass is 262 g/mol. The van der Waals surface area contributed by atoms with Crippen molar-refractivity contribution in [2.75, 3.05) is 6.61 Å². The first kappa shape index (κ1) is 15.4. The molecule has 0 bridgehead atoms. The summed E-state index contributed by atoms with van der Waals surface area (Å²) in [6.45, 7) is 4.11. The molecule has 0 heterocycles. The van der Waals surface area contributed by atoms with E-state index in [2.05, 4.69) is 13.0 Å². The van der Waals surface area contributed by atoms with Crippen LogP contribution >= 0.6 is 0 Å². The lowest BCUT2D eigenvalue weighted by Gasteiger charge is -2.05. The highest BCUT2D eigenvalue weighted by atomic mass is 16.5. The fourth-order valence-corrected chi connectivity index (χ4v) is 1.94. The van der Waals surface area contributed by atoms with Gasteiger partial charge in [-0.15, -0.1) is 0 Å². The molecular weight excluding hydrogens is 240 g/mol. The lowest BCUT2D eigenvalue weighted by atomic mass is 10.0. The van der Waals surface area contributed by atoms with Gasteiger partial charge in [-0.3, -0.25) is 4.79 Å². The van der Waals surface area contributed by atoms with Crippen LogP contribution in [-0.2, 0) is 27.2 Å². The third kappa shape index (κ3) is 5.69. The summed E-state index contributed by atoms with van der Waals surface area (Å²) >= 11 is 0. The van der Waals surface area contributed by atoms with Crippen LogP contribution < -0.4 is 0 Å². The second kappa shape index (κ2) is 8.46. The molecule has 0 saturated carbocycles.